The molecule has 0 saturated heterocycles. The number of hydrogen-bond acceptors (Lipinski definition) is 1. The van der Waals surface area contributed by atoms with E-state index in [2.05, 4.69) is 27.3 Å². The highest BCUT2D eigenvalue weighted by molar-refractivity contribution is 9.10. The van der Waals surface area contributed by atoms with E-state index in [1.54, 1.807) is 0 Å². The van der Waals surface area contributed by atoms with Gasteiger partial charge < -0.3 is 5.32 Å². The first-order valence-electron chi connectivity index (χ1n) is 4.84. The molecule has 0 amide bonds. The molecule has 1 nitrogen and oxygen atoms in total. The SMILES string of the molecule is CNC(c1cc(Cl)cc(Br)c1)C1CC1. The molecule has 0 aliphatic heterocycles. The Labute approximate surface area is 98.0 Å². The fraction of sp³-hybridized carbons (Fsp3) is 0.455. The summed E-state index contributed by atoms with van der Waals surface area (Å²) in [6.07, 6.45) is 2.66. The van der Waals surface area contributed by atoms with Crippen molar-refractivity contribution >= 4 is 27.5 Å². The zero-order chi connectivity index (χ0) is 10.1. The minimum Gasteiger partial charge on any atom is -0.313 e. The molecule has 0 heterocycles. The van der Waals surface area contributed by atoms with Crippen molar-refractivity contribution < 1.29 is 0 Å². The van der Waals surface area contributed by atoms with Gasteiger partial charge in [-0.1, -0.05) is 27.5 Å². The Morgan fingerprint density at radius 2 is 2.14 bits per heavy atom. The van der Waals surface area contributed by atoms with Crippen LogP contribution in [0.15, 0.2) is 22.7 Å². The summed E-state index contributed by atoms with van der Waals surface area (Å²) < 4.78 is 1.06. The topological polar surface area (TPSA) is 12.0 Å². The zero-order valence-corrected chi connectivity index (χ0v) is 10.4. The second-order valence-corrected chi connectivity index (χ2v) is 5.16. The van der Waals surface area contributed by atoms with Crippen LogP contribution in [-0.4, -0.2) is 7.05 Å². The molecule has 14 heavy (non-hydrogen) atoms. The maximum atomic E-state index is 6.02. The summed E-state index contributed by atoms with van der Waals surface area (Å²) in [5.74, 6) is 0.797. The Balaban J connectivity index is 2.28. The van der Waals surface area contributed by atoms with Crippen molar-refractivity contribution in [3.63, 3.8) is 0 Å². The van der Waals surface area contributed by atoms with Crippen molar-refractivity contribution in [3.05, 3.63) is 33.3 Å². The smallest absolute Gasteiger partial charge is 0.0420 e. The third kappa shape index (κ3) is 2.30. The van der Waals surface area contributed by atoms with Crippen LogP contribution in [0.2, 0.25) is 5.02 Å². The Bertz CT molecular complexity index is 316. The van der Waals surface area contributed by atoms with Gasteiger partial charge in [-0.3, -0.25) is 0 Å². The normalized spacial score (nSPS) is 18.2. The molecule has 0 radical (unpaired) electrons. The molecule has 0 aromatic heterocycles. The Kier molecular flexibility index (Phi) is 3.15. The average Bonchev–Trinajstić information content (AvgIpc) is 2.87. The molecule has 1 saturated carbocycles. The first-order valence-corrected chi connectivity index (χ1v) is 6.01. The maximum absolute atomic E-state index is 6.02. The second kappa shape index (κ2) is 4.21. The molecule has 1 aromatic carbocycles. The van der Waals surface area contributed by atoms with E-state index in [9.17, 15) is 0 Å². The molecule has 1 fully saturated rings. The number of benzene rings is 1. The molecular formula is C11H13BrClN. The van der Waals surface area contributed by atoms with E-state index in [1.165, 1.54) is 18.4 Å². The molecule has 2 rings (SSSR count). The van der Waals surface area contributed by atoms with Crippen LogP contribution in [0.1, 0.15) is 24.4 Å². The monoisotopic (exact) mass is 273 g/mol. The van der Waals surface area contributed by atoms with Gasteiger partial charge in [0.15, 0.2) is 0 Å². The first kappa shape index (κ1) is 10.5. The highest BCUT2D eigenvalue weighted by Crippen LogP contribution is 2.41. The summed E-state index contributed by atoms with van der Waals surface area (Å²) >= 11 is 9.49. The van der Waals surface area contributed by atoms with Gasteiger partial charge in [-0.2, -0.15) is 0 Å². The highest BCUT2D eigenvalue weighted by atomic mass is 79.9. The second-order valence-electron chi connectivity index (χ2n) is 3.81. The molecule has 1 aliphatic carbocycles. The molecular weight excluding hydrogens is 261 g/mol. The summed E-state index contributed by atoms with van der Waals surface area (Å²) in [6, 6.07) is 6.58. The molecule has 1 atom stereocenters. The van der Waals surface area contributed by atoms with Crippen LogP contribution < -0.4 is 5.32 Å². The summed E-state index contributed by atoms with van der Waals surface area (Å²) in [5.41, 5.74) is 1.29. The molecule has 0 bridgehead atoms. The van der Waals surface area contributed by atoms with Gasteiger partial charge >= 0.3 is 0 Å². The van der Waals surface area contributed by atoms with Crippen LogP contribution in [0.4, 0.5) is 0 Å². The lowest BCUT2D eigenvalue weighted by Crippen LogP contribution is -2.18. The molecule has 1 unspecified atom stereocenters. The molecule has 76 valence electrons. The quantitative estimate of drug-likeness (QED) is 0.885. The van der Waals surface area contributed by atoms with Crippen molar-refractivity contribution in [2.45, 2.75) is 18.9 Å². The van der Waals surface area contributed by atoms with Crippen molar-refractivity contribution in [3.8, 4) is 0 Å². The molecule has 1 aromatic rings. The van der Waals surface area contributed by atoms with Gasteiger partial charge in [-0.15, -0.1) is 0 Å². The number of nitrogens with one attached hydrogen (secondary N) is 1. The fourth-order valence-electron chi connectivity index (χ4n) is 1.86. The summed E-state index contributed by atoms with van der Waals surface area (Å²) in [5, 5.41) is 4.16. The first-order chi connectivity index (χ1) is 6.70. The van der Waals surface area contributed by atoms with E-state index in [0.29, 0.717) is 6.04 Å². The standard InChI is InChI=1S/C11H13BrClN/c1-14-11(7-2-3-7)8-4-9(12)6-10(13)5-8/h4-7,11,14H,2-3H2,1H3. The lowest BCUT2D eigenvalue weighted by atomic mass is 10.0. The maximum Gasteiger partial charge on any atom is 0.0420 e. The van der Waals surface area contributed by atoms with Crippen molar-refractivity contribution in [1.29, 1.82) is 0 Å². The minimum absolute atomic E-state index is 0.463. The Morgan fingerprint density at radius 3 is 2.64 bits per heavy atom. The lowest BCUT2D eigenvalue weighted by Gasteiger charge is -2.16. The van der Waals surface area contributed by atoms with Gasteiger partial charge in [-0.05, 0) is 49.6 Å². The van der Waals surface area contributed by atoms with Crippen molar-refractivity contribution in [2.75, 3.05) is 7.05 Å². The predicted molar refractivity (Wildman–Crippen MR) is 63.7 cm³/mol. The van der Waals surface area contributed by atoms with Crippen molar-refractivity contribution in [1.82, 2.24) is 5.32 Å². The summed E-state index contributed by atoms with van der Waals surface area (Å²) in [6.45, 7) is 0. The minimum atomic E-state index is 0.463. The van der Waals surface area contributed by atoms with E-state index >= 15 is 0 Å². The number of halogens is 2. The van der Waals surface area contributed by atoms with E-state index < -0.39 is 0 Å². The van der Waals surface area contributed by atoms with E-state index in [-0.39, 0.29) is 0 Å². The highest BCUT2D eigenvalue weighted by Gasteiger charge is 2.31. The Morgan fingerprint density at radius 1 is 1.43 bits per heavy atom. The largest absolute Gasteiger partial charge is 0.313 e. The van der Waals surface area contributed by atoms with E-state index in [1.807, 2.05) is 19.2 Å². The molecule has 1 N–H and O–H groups in total. The van der Waals surface area contributed by atoms with Gasteiger partial charge in [-0.25, -0.2) is 0 Å². The van der Waals surface area contributed by atoms with Gasteiger partial charge in [0.05, 0.1) is 0 Å². The number of rotatable bonds is 3. The number of hydrogen-bond donors (Lipinski definition) is 1. The molecule has 3 heteroatoms. The van der Waals surface area contributed by atoms with Crippen LogP contribution in [-0.2, 0) is 0 Å². The van der Waals surface area contributed by atoms with Crippen LogP contribution in [0.5, 0.6) is 0 Å². The van der Waals surface area contributed by atoms with Crippen LogP contribution >= 0.6 is 27.5 Å². The Hall–Kier alpha value is -0.0500. The zero-order valence-electron chi connectivity index (χ0n) is 8.06. The van der Waals surface area contributed by atoms with Crippen molar-refractivity contribution in [2.24, 2.45) is 5.92 Å². The third-order valence-electron chi connectivity index (χ3n) is 2.65. The van der Waals surface area contributed by atoms with E-state index in [0.717, 1.165) is 15.4 Å². The molecule has 1 aliphatic rings. The van der Waals surface area contributed by atoms with Gasteiger partial charge in [0.25, 0.3) is 0 Å². The summed E-state index contributed by atoms with van der Waals surface area (Å²) in [7, 11) is 2.01. The van der Waals surface area contributed by atoms with Crippen LogP contribution in [0.3, 0.4) is 0 Å². The third-order valence-corrected chi connectivity index (χ3v) is 3.32. The average molecular weight is 275 g/mol. The summed E-state index contributed by atoms with van der Waals surface area (Å²) in [4.78, 5) is 0. The fourth-order valence-corrected chi connectivity index (χ4v) is 2.75. The lowest BCUT2D eigenvalue weighted by molar-refractivity contribution is 0.528. The predicted octanol–water partition coefficient (Wildman–Crippen LogP) is 3.77. The van der Waals surface area contributed by atoms with Gasteiger partial charge in [0.2, 0.25) is 0 Å². The van der Waals surface area contributed by atoms with Gasteiger partial charge in [0, 0.05) is 15.5 Å². The van der Waals surface area contributed by atoms with Crippen LogP contribution in [0.25, 0.3) is 0 Å². The molecule has 0 spiro atoms. The van der Waals surface area contributed by atoms with E-state index in [4.69, 9.17) is 11.6 Å². The van der Waals surface area contributed by atoms with Crippen LogP contribution in [0, 0.1) is 5.92 Å². The van der Waals surface area contributed by atoms with Gasteiger partial charge in [0.1, 0.15) is 0 Å².